The van der Waals surface area contributed by atoms with Crippen molar-refractivity contribution in [2.24, 2.45) is 4.99 Å². The monoisotopic (exact) mass is 462 g/mol. The predicted molar refractivity (Wildman–Crippen MR) is 112 cm³/mol. The van der Waals surface area contributed by atoms with Crippen LogP contribution in [0.3, 0.4) is 0 Å². The van der Waals surface area contributed by atoms with Crippen molar-refractivity contribution in [2.75, 3.05) is 27.3 Å². The molecule has 1 aromatic heterocycles. The minimum atomic E-state index is 0. The van der Waals surface area contributed by atoms with Gasteiger partial charge in [0.25, 0.3) is 0 Å². The molecule has 1 heterocycles. The Kier molecular flexibility index (Phi) is 11.6. The van der Waals surface area contributed by atoms with Gasteiger partial charge in [-0.05, 0) is 25.3 Å². The summed E-state index contributed by atoms with van der Waals surface area (Å²) < 4.78 is 11.1. The average molecular weight is 462 g/mol. The summed E-state index contributed by atoms with van der Waals surface area (Å²) in [5.41, 5.74) is 0.915. The van der Waals surface area contributed by atoms with Crippen LogP contribution in [-0.2, 0) is 11.3 Å². The fourth-order valence-corrected chi connectivity index (χ4v) is 2.83. The summed E-state index contributed by atoms with van der Waals surface area (Å²) in [4.78, 5) is 8.60. The zero-order chi connectivity index (χ0) is 17.0. The van der Waals surface area contributed by atoms with Crippen LogP contribution < -0.4 is 15.4 Å². The summed E-state index contributed by atoms with van der Waals surface area (Å²) in [6.07, 6.45) is 7.92. The molecule has 0 saturated heterocycles. The summed E-state index contributed by atoms with van der Waals surface area (Å²) in [6, 6.07) is 5.73. The van der Waals surface area contributed by atoms with E-state index in [1.165, 1.54) is 32.1 Å². The van der Waals surface area contributed by atoms with Gasteiger partial charge >= 0.3 is 0 Å². The van der Waals surface area contributed by atoms with E-state index in [4.69, 9.17) is 9.47 Å². The lowest BCUT2D eigenvalue weighted by atomic mass is 9.98. The van der Waals surface area contributed by atoms with Gasteiger partial charge in [-0.25, -0.2) is 4.98 Å². The minimum absolute atomic E-state index is 0. The Morgan fingerprint density at radius 1 is 1.24 bits per heavy atom. The fraction of sp³-hybridized carbons (Fsp3) is 0.667. The van der Waals surface area contributed by atoms with Gasteiger partial charge in [-0.1, -0.05) is 25.3 Å². The predicted octanol–water partition coefficient (Wildman–Crippen LogP) is 3.11. The third kappa shape index (κ3) is 8.71. The number of guanidine groups is 1. The van der Waals surface area contributed by atoms with Crippen LogP contribution in [0, 0.1) is 0 Å². The van der Waals surface area contributed by atoms with E-state index in [9.17, 15) is 0 Å². The maximum absolute atomic E-state index is 5.93. The van der Waals surface area contributed by atoms with E-state index in [2.05, 4.69) is 20.6 Å². The summed E-state index contributed by atoms with van der Waals surface area (Å²) in [6.45, 7) is 2.26. The molecular weight excluding hydrogens is 431 g/mol. The van der Waals surface area contributed by atoms with Crippen LogP contribution in [0.2, 0.25) is 0 Å². The second-order valence-corrected chi connectivity index (χ2v) is 6.01. The molecule has 0 spiro atoms. The van der Waals surface area contributed by atoms with E-state index in [0.717, 1.165) is 31.2 Å². The van der Waals surface area contributed by atoms with E-state index < -0.39 is 0 Å². The largest absolute Gasteiger partial charge is 0.481 e. The van der Waals surface area contributed by atoms with Gasteiger partial charge in [-0.15, -0.1) is 24.0 Å². The van der Waals surface area contributed by atoms with E-state index in [-0.39, 0.29) is 24.0 Å². The second-order valence-electron chi connectivity index (χ2n) is 6.01. The number of methoxy groups -OCH3 is 1. The van der Waals surface area contributed by atoms with Crippen molar-refractivity contribution in [2.45, 2.75) is 51.2 Å². The molecule has 0 atom stereocenters. The molecule has 0 amide bonds. The second kappa shape index (κ2) is 13.2. The van der Waals surface area contributed by atoms with Crippen molar-refractivity contribution in [3.8, 4) is 5.88 Å². The zero-order valence-corrected chi connectivity index (χ0v) is 17.6. The van der Waals surface area contributed by atoms with Gasteiger partial charge in [0.1, 0.15) is 0 Å². The first kappa shape index (κ1) is 22.0. The third-order valence-corrected chi connectivity index (χ3v) is 4.17. The van der Waals surface area contributed by atoms with Crippen LogP contribution in [0.5, 0.6) is 5.88 Å². The molecule has 7 heteroatoms. The molecular formula is C18H31IN4O2. The Balaban J connectivity index is 0.00000312. The van der Waals surface area contributed by atoms with Crippen LogP contribution in [0.4, 0.5) is 0 Å². The molecule has 6 nitrogen and oxygen atoms in total. The quantitative estimate of drug-likeness (QED) is 0.269. The fourth-order valence-electron chi connectivity index (χ4n) is 2.83. The Morgan fingerprint density at radius 3 is 2.76 bits per heavy atom. The van der Waals surface area contributed by atoms with E-state index in [0.29, 0.717) is 18.5 Å². The zero-order valence-electron chi connectivity index (χ0n) is 15.3. The summed E-state index contributed by atoms with van der Waals surface area (Å²) in [7, 11) is 3.39. The Bertz CT molecular complexity index is 508. The topological polar surface area (TPSA) is 67.8 Å². The molecule has 0 radical (unpaired) electrons. The number of pyridine rings is 1. The number of rotatable bonds is 8. The number of nitrogens with zero attached hydrogens (tertiary/aromatic N) is 2. The number of hydrogen-bond acceptors (Lipinski definition) is 4. The van der Waals surface area contributed by atoms with Crippen LogP contribution in [0.15, 0.2) is 23.2 Å². The van der Waals surface area contributed by atoms with E-state index in [1.807, 2.05) is 18.2 Å². The smallest absolute Gasteiger partial charge is 0.213 e. The lowest BCUT2D eigenvalue weighted by molar-refractivity contribution is 0.0277. The van der Waals surface area contributed by atoms with E-state index >= 15 is 0 Å². The molecule has 0 aromatic carbocycles. The van der Waals surface area contributed by atoms with Crippen LogP contribution >= 0.6 is 24.0 Å². The van der Waals surface area contributed by atoms with Crippen molar-refractivity contribution in [1.82, 2.24) is 15.6 Å². The highest BCUT2D eigenvalue weighted by Crippen LogP contribution is 2.20. The lowest BCUT2D eigenvalue weighted by Gasteiger charge is -2.22. The van der Waals surface area contributed by atoms with Gasteiger partial charge in [0, 0.05) is 26.3 Å². The lowest BCUT2D eigenvalue weighted by Crippen LogP contribution is -2.37. The highest BCUT2D eigenvalue weighted by Gasteiger charge is 2.12. The van der Waals surface area contributed by atoms with Crippen molar-refractivity contribution < 1.29 is 9.47 Å². The van der Waals surface area contributed by atoms with Crippen LogP contribution in [0.25, 0.3) is 0 Å². The maximum Gasteiger partial charge on any atom is 0.213 e. The van der Waals surface area contributed by atoms with Crippen molar-refractivity contribution in [3.63, 3.8) is 0 Å². The number of nitrogens with one attached hydrogen (secondary N) is 2. The van der Waals surface area contributed by atoms with Crippen molar-refractivity contribution in [1.29, 1.82) is 0 Å². The van der Waals surface area contributed by atoms with Gasteiger partial charge in [0.15, 0.2) is 5.96 Å². The number of halogens is 1. The third-order valence-electron chi connectivity index (χ3n) is 4.17. The Hall–Kier alpha value is -1.09. The average Bonchev–Trinajstić information content (AvgIpc) is 2.65. The molecule has 0 unspecified atom stereocenters. The molecule has 1 aliphatic carbocycles. The molecule has 142 valence electrons. The standard InChI is InChI=1S/C18H30N4O2.HI/c1-19-18(21-14-15-8-6-11-17(22-15)23-2)20-12-7-13-24-16-9-4-3-5-10-16;/h6,8,11,16H,3-5,7,9-10,12-14H2,1-2H3,(H2,19,20,21);1H. The van der Waals surface area contributed by atoms with Crippen molar-refractivity contribution in [3.05, 3.63) is 23.9 Å². The van der Waals surface area contributed by atoms with Gasteiger partial charge in [0.2, 0.25) is 5.88 Å². The first-order valence-electron chi connectivity index (χ1n) is 8.88. The highest BCUT2D eigenvalue weighted by atomic mass is 127. The molecule has 2 N–H and O–H groups in total. The van der Waals surface area contributed by atoms with Gasteiger partial charge < -0.3 is 20.1 Å². The van der Waals surface area contributed by atoms with Crippen LogP contribution in [0.1, 0.15) is 44.2 Å². The molecule has 0 aliphatic heterocycles. The first-order chi connectivity index (χ1) is 11.8. The van der Waals surface area contributed by atoms with Crippen molar-refractivity contribution >= 4 is 29.9 Å². The first-order valence-corrected chi connectivity index (χ1v) is 8.88. The summed E-state index contributed by atoms with van der Waals surface area (Å²) in [5, 5.41) is 6.56. The highest BCUT2D eigenvalue weighted by molar-refractivity contribution is 14.0. The van der Waals surface area contributed by atoms with Gasteiger partial charge in [-0.2, -0.15) is 0 Å². The van der Waals surface area contributed by atoms with E-state index in [1.54, 1.807) is 14.2 Å². The molecule has 1 saturated carbocycles. The summed E-state index contributed by atoms with van der Waals surface area (Å²) >= 11 is 0. The van der Waals surface area contributed by atoms with Crippen LogP contribution in [-0.4, -0.2) is 44.4 Å². The Morgan fingerprint density at radius 2 is 2.04 bits per heavy atom. The number of aliphatic imine (C=N–C) groups is 1. The molecule has 1 aromatic rings. The molecule has 1 fully saturated rings. The number of hydrogen-bond donors (Lipinski definition) is 2. The molecule has 1 aliphatic rings. The number of ether oxygens (including phenoxy) is 2. The Labute approximate surface area is 168 Å². The van der Waals surface area contributed by atoms with Gasteiger partial charge in [-0.3, -0.25) is 4.99 Å². The molecule has 25 heavy (non-hydrogen) atoms. The normalized spacial score (nSPS) is 15.4. The molecule has 2 rings (SSSR count). The SMILES string of the molecule is CN=C(NCCCOC1CCCCC1)NCc1cccc(OC)n1.I. The van der Waals surface area contributed by atoms with Gasteiger partial charge in [0.05, 0.1) is 25.5 Å². The summed E-state index contributed by atoms with van der Waals surface area (Å²) in [5.74, 6) is 1.40. The number of aromatic nitrogens is 1. The molecule has 0 bridgehead atoms. The maximum atomic E-state index is 5.93. The minimum Gasteiger partial charge on any atom is -0.481 e.